The van der Waals surface area contributed by atoms with Gasteiger partial charge in [-0.25, -0.2) is 4.63 Å². The molecule has 0 atom stereocenters. The van der Waals surface area contributed by atoms with E-state index in [2.05, 4.69) is 25.5 Å². The second-order valence-corrected chi connectivity index (χ2v) is 3.37. The first kappa shape index (κ1) is 10.4. The number of benzene rings is 1. The molecular weight excluding hydrogens is 204 g/mol. The molecule has 1 aromatic carbocycles. The van der Waals surface area contributed by atoms with Gasteiger partial charge in [0.25, 0.3) is 0 Å². The van der Waals surface area contributed by atoms with E-state index < -0.39 is 0 Å². The zero-order valence-corrected chi connectivity index (χ0v) is 9.14. The van der Waals surface area contributed by atoms with Gasteiger partial charge in [0.15, 0.2) is 5.69 Å². The Balaban J connectivity index is 2.12. The van der Waals surface area contributed by atoms with Crippen molar-refractivity contribution in [2.75, 3.05) is 5.43 Å². The van der Waals surface area contributed by atoms with Crippen molar-refractivity contribution in [1.82, 2.24) is 10.3 Å². The van der Waals surface area contributed by atoms with Gasteiger partial charge >= 0.3 is 0 Å². The normalized spacial score (nSPS) is 11.5. The van der Waals surface area contributed by atoms with Crippen LogP contribution < -0.4 is 5.43 Å². The molecule has 16 heavy (non-hydrogen) atoms. The molecule has 0 aliphatic rings. The fourth-order valence-corrected chi connectivity index (χ4v) is 1.27. The van der Waals surface area contributed by atoms with Crippen LogP contribution in [0.5, 0.6) is 0 Å². The maximum Gasteiger partial charge on any atom is 0.153 e. The number of nitrogens with zero attached hydrogens (tertiary/aromatic N) is 3. The van der Waals surface area contributed by atoms with Crippen molar-refractivity contribution < 1.29 is 4.63 Å². The third-order valence-corrected chi connectivity index (χ3v) is 2.12. The van der Waals surface area contributed by atoms with Crippen LogP contribution in [0.4, 0.5) is 5.69 Å². The molecule has 0 spiro atoms. The smallest absolute Gasteiger partial charge is 0.153 e. The molecule has 0 bridgehead atoms. The second-order valence-electron chi connectivity index (χ2n) is 3.37. The molecule has 0 amide bonds. The van der Waals surface area contributed by atoms with Gasteiger partial charge in [0, 0.05) is 0 Å². The minimum absolute atomic E-state index is 0.670. The van der Waals surface area contributed by atoms with Gasteiger partial charge in [-0.2, -0.15) is 5.10 Å². The Hall–Kier alpha value is -2.17. The summed E-state index contributed by atoms with van der Waals surface area (Å²) in [5.74, 6) is 0. The predicted molar refractivity (Wildman–Crippen MR) is 61.3 cm³/mol. The molecule has 0 fully saturated rings. The van der Waals surface area contributed by atoms with E-state index in [4.69, 9.17) is 0 Å². The summed E-state index contributed by atoms with van der Waals surface area (Å²) in [7, 11) is 0. The van der Waals surface area contributed by atoms with Crippen molar-refractivity contribution in [1.29, 1.82) is 0 Å². The average Bonchev–Trinajstić information content (AvgIpc) is 2.74. The molecule has 1 N–H and O–H groups in total. The molecule has 0 saturated carbocycles. The van der Waals surface area contributed by atoms with Crippen molar-refractivity contribution in [3.8, 4) is 0 Å². The quantitative estimate of drug-likeness (QED) is 0.631. The van der Waals surface area contributed by atoms with Gasteiger partial charge in [-0.1, -0.05) is 23.4 Å². The molecule has 0 aliphatic carbocycles. The molecule has 0 radical (unpaired) electrons. The Kier molecular flexibility index (Phi) is 2.95. The predicted octanol–water partition coefficient (Wildman–Crippen LogP) is 2.21. The maximum atomic E-state index is 4.61. The number of aryl methyl sites for hydroxylation is 1. The lowest BCUT2D eigenvalue weighted by molar-refractivity contribution is 0.304. The van der Waals surface area contributed by atoms with E-state index >= 15 is 0 Å². The van der Waals surface area contributed by atoms with Crippen LogP contribution in [-0.4, -0.2) is 16.0 Å². The standard InChI is InChI=1S/C11H12N4O/c1-8(11-9(2)14-16-15-11)12-13-10-6-4-3-5-7-10/h3-7,13H,1-2H3/b12-8-. The molecular formula is C11H12N4O. The molecule has 0 unspecified atom stereocenters. The molecule has 1 aromatic heterocycles. The van der Waals surface area contributed by atoms with E-state index in [-0.39, 0.29) is 0 Å². The first-order chi connectivity index (χ1) is 7.77. The third-order valence-electron chi connectivity index (χ3n) is 2.12. The number of para-hydroxylation sites is 1. The van der Waals surface area contributed by atoms with E-state index in [9.17, 15) is 0 Å². The third kappa shape index (κ3) is 2.25. The maximum absolute atomic E-state index is 4.61. The summed E-state index contributed by atoms with van der Waals surface area (Å²) < 4.78 is 4.61. The average molecular weight is 216 g/mol. The fourth-order valence-electron chi connectivity index (χ4n) is 1.27. The van der Waals surface area contributed by atoms with E-state index in [0.29, 0.717) is 5.69 Å². The Labute approximate surface area is 93.1 Å². The summed E-state index contributed by atoms with van der Waals surface area (Å²) in [6, 6.07) is 9.70. The topological polar surface area (TPSA) is 63.3 Å². The van der Waals surface area contributed by atoms with Crippen LogP contribution in [0.3, 0.4) is 0 Å². The lowest BCUT2D eigenvalue weighted by atomic mass is 10.2. The Morgan fingerprint density at radius 1 is 1.25 bits per heavy atom. The fraction of sp³-hybridized carbons (Fsp3) is 0.182. The van der Waals surface area contributed by atoms with Crippen LogP contribution in [0.25, 0.3) is 0 Å². The SMILES string of the molecule is C/C(=N/Nc1ccccc1)c1nonc1C. The highest BCUT2D eigenvalue weighted by molar-refractivity contribution is 5.97. The van der Waals surface area contributed by atoms with E-state index in [1.807, 2.05) is 44.2 Å². The van der Waals surface area contributed by atoms with Crippen LogP contribution in [0.15, 0.2) is 40.1 Å². The lowest BCUT2D eigenvalue weighted by Gasteiger charge is -2.00. The highest BCUT2D eigenvalue weighted by Gasteiger charge is 2.07. The van der Waals surface area contributed by atoms with Crippen molar-refractivity contribution in [3.05, 3.63) is 41.7 Å². The van der Waals surface area contributed by atoms with Crippen molar-refractivity contribution in [2.45, 2.75) is 13.8 Å². The first-order valence-corrected chi connectivity index (χ1v) is 4.92. The van der Waals surface area contributed by atoms with Crippen molar-refractivity contribution >= 4 is 11.4 Å². The summed E-state index contributed by atoms with van der Waals surface area (Å²) in [6.45, 7) is 3.68. The van der Waals surface area contributed by atoms with E-state index in [1.165, 1.54) is 0 Å². The minimum atomic E-state index is 0.670. The number of hydrogen-bond acceptors (Lipinski definition) is 5. The summed E-state index contributed by atoms with van der Waals surface area (Å²) in [5.41, 5.74) is 6.01. The van der Waals surface area contributed by atoms with Gasteiger partial charge in [-0.15, -0.1) is 0 Å². The Morgan fingerprint density at radius 3 is 2.62 bits per heavy atom. The number of anilines is 1. The molecule has 2 rings (SSSR count). The van der Waals surface area contributed by atoms with Crippen LogP contribution in [0.1, 0.15) is 18.3 Å². The van der Waals surface area contributed by atoms with Gasteiger partial charge in [-0.3, -0.25) is 5.43 Å². The summed E-state index contributed by atoms with van der Waals surface area (Å²) >= 11 is 0. The Morgan fingerprint density at radius 2 is 2.00 bits per heavy atom. The van der Waals surface area contributed by atoms with Gasteiger partial charge < -0.3 is 0 Å². The summed E-state index contributed by atoms with van der Waals surface area (Å²) in [6.07, 6.45) is 0. The highest BCUT2D eigenvalue weighted by Crippen LogP contribution is 2.07. The summed E-state index contributed by atoms with van der Waals surface area (Å²) in [4.78, 5) is 0. The molecule has 1 heterocycles. The van der Waals surface area contributed by atoms with Crippen molar-refractivity contribution in [2.24, 2.45) is 5.10 Å². The lowest BCUT2D eigenvalue weighted by Crippen LogP contribution is -2.01. The highest BCUT2D eigenvalue weighted by atomic mass is 16.6. The number of aromatic nitrogens is 2. The number of hydrazone groups is 1. The van der Waals surface area contributed by atoms with Crippen LogP contribution in [-0.2, 0) is 0 Å². The zero-order chi connectivity index (χ0) is 11.4. The Bertz CT molecular complexity index is 490. The largest absolute Gasteiger partial charge is 0.278 e. The zero-order valence-electron chi connectivity index (χ0n) is 9.14. The number of rotatable bonds is 3. The molecule has 2 aromatic rings. The first-order valence-electron chi connectivity index (χ1n) is 4.92. The summed E-state index contributed by atoms with van der Waals surface area (Å²) in [5, 5.41) is 11.7. The van der Waals surface area contributed by atoms with Gasteiger partial charge in [0.2, 0.25) is 0 Å². The minimum Gasteiger partial charge on any atom is -0.278 e. The van der Waals surface area contributed by atoms with Crippen LogP contribution in [0.2, 0.25) is 0 Å². The monoisotopic (exact) mass is 216 g/mol. The molecule has 0 saturated heterocycles. The van der Waals surface area contributed by atoms with Gasteiger partial charge in [0.05, 0.1) is 11.4 Å². The molecule has 5 nitrogen and oxygen atoms in total. The van der Waals surface area contributed by atoms with Crippen molar-refractivity contribution in [3.63, 3.8) is 0 Å². The number of nitrogens with one attached hydrogen (secondary N) is 1. The van der Waals surface area contributed by atoms with Crippen LogP contribution >= 0.6 is 0 Å². The van der Waals surface area contributed by atoms with E-state index in [0.717, 1.165) is 17.1 Å². The second kappa shape index (κ2) is 4.57. The van der Waals surface area contributed by atoms with E-state index in [1.54, 1.807) is 0 Å². The van der Waals surface area contributed by atoms with Gasteiger partial charge in [-0.05, 0) is 31.1 Å². The molecule has 82 valence electrons. The number of hydrogen-bond donors (Lipinski definition) is 1. The molecule has 0 aliphatic heterocycles. The van der Waals surface area contributed by atoms with Crippen LogP contribution in [0, 0.1) is 6.92 Å². The van der Waals surface area contributed by atoms with Gasteiger partial charge in [0.1, 0.15) is 5.69 Å². The molecule has 5 heteroatoms.